The summed E-state index contributed by atoms with van der Waals surface area (Å²) in [5.74, 6) is -1.77. The molecule has 1 fully saturated rings. The first kappa shape index (κ1) is 18.4. The molecule has 1 saturated carbocycles. The van der Waals surface area contributed by atoms with Crippen LogP contribution in [0.1, 0.15) is 42.0 Å². The zero-order chi connectivity index (χ0) is 21.2. The number of hydrogen-bond donors (Lipinski definition) is 1. The summed E-state index contributed by atoms with van der Waals surface area (Å²) in [5.41, 5.74) is 12.6. The van der Waals surface area contributed by atoms with E-state index in [0.29, 0.717) is 28.5 Å². The van der Waals surface area contributed by atoms with Crippen molar-refractivity contribution in [1.29, 1.82) is 0 Å². The normalized spacial score (nSPS) is 17.6. The van der Waals surface area contributed by atoms with Crippen LogP contribution >= 0.6 is 0 Å². The molecule has 0 radical (unpaired) electrons. The van der Waals surface area contributed by atoms with E-state index in [9.17, 15) is 8.78 Å². The lowest BCUT2D eigenvalue weighted by Crippen LogP contribution is -2.34. The molecular formula is C24H21F2N5. The number of hydrogen-bond acceptors (Lipinski definition) is 4. The Morgan fingerprint density at radius 3 is 2.65 bits per heavy atom. The summed E-state index contributed by atoms with van der Waals surface area (Å²) in [4.78, 5) is 13.9. The van der Waals surface area contributed by atoms with Gasteiger partial charge in [-0.1, -0.05) is 6.07 Å². The highest BCUT2D eigenvalue weighted by Gasteiger charge is 2.46. The van der Waals surface area contributed by atoms with E-state index in [1.54, 1.807) is 6.20 Å². The van der Waals surface area contributed by atoms with Crippen LogP contribution in [0.5, 0.6) is 0 Å². The van der Waals surface area contributed by atoms with Gasteiger partial charge in [-0.25, -0.2) is 23.7 Å². The van der Waals surface area contributed by atoms with Crippen molar-refractivity contribution in [2.75, 3.05) is 5.73 Å². The first-order valence-electron chi connectivity index (χ1n) is 10.6. The van der Waals surface area contributed by atoms with Crippen molar-refractivity contribution in [3.8, 4) is 17.1 Å². The molecule has 1 aromatic carbocycles. The van der Waals surface area contributed by atoms with E-state index in [2.05, 4.69) is 23.2 Å². The van der Waals surface area contributed by atoms with E-state index in [0.717, 1.165) is 30.5 Å². The Labute approximate surface area is 178 Å². The summed E-state index contributed by atoms with van der Waals surface area (Å²) in [5, 5.41) is 0. The highest BCUT2D eigenvalue weighted by atomic mass is 19.3. The number of nitrogen functional groups attached to an aromatic ring is 1. The van der Waals surface area contributed by atoms with Crippen molar-refractivity contribution in [2.24, 2.45) is 0 Å². The number of rotatable bonds is 3. The highest BCUT2D eigenvalue weighted by molar-refractivity contribution is 5.83. The smallest absolute Gasteiger partial charge is 0.249 e. The number of pyridine rings is 2. The fraction of sp³-hybridized carbons (Fsp3) is 0.292. The number of benzene rings is 1. The van der Waals surface area contributed by atoms with Crippen LogP contribution in [0.4, 0.5) is 14.6 Å². The molecule has 2 N–H and O–H groups in total. The molecule has 0 saturated heterocycles. The van der Waals surface area contributed by atoms with Gasteiger partial charge in [0.15, 0.2) is 11.5 Å². The monoisotopic (exact) mass is 417 g/mol. The zero-order valence-electron chi connectivity index (χ0n) is 16.9. The summed E-state index contributed by atoms with van der Waals surface area (Å²) in [7, 11) is 0. The first-order chi connectivity index (χ1) is 15.0. The van der Waals surface area contributed by atoms with E-state index < -0.39 is 5.92 Å². The Morgan fingerprint density at radius 2 is 1.84 bits per heavy atom. The zero-order valence-corrected chi connectivity index (χ0v) is 16.9. The van der Waals surface area contributed by atoms with Crippen LogP contribution < -0.4 is 5.73 Å². The van der Waals surface area contributed by atoms with Crippen LogP contribution in [0.25, 0.3) is 28.2 Å². The second-order valence-corrected chi connectivity index (χ2v) is 8.55. The van der Waals surface area contributed by atoms with Crippen LogP contribution in [0.3, 0.4) is 0 Å². The lowest BCUT2D eigenvalue weighted by molar-refractivity contribution is -0.0875. The number of alkyl halides is 2. The van der Waals surface area contributed by atoms with Crippen molar-refractivity contribution in [3.63, 3.8) is 0 Å². The van der Waals surface area contributed by atoms with Crippen molar-refractivity contribution < 1.29 is 8.78 Å². The number of nitrogens with two attached hydrogens (primary N) is 1. The maximum absolute atomic E-state index is 13.5. The minimum absolute atomic E-state index is 0.152. The third-order valence-corrected chi connectivity index (χ3v) is 6.45. The van der Waals surface area contributed by atoms with Gasteiger partial charge >= 0.3 is 0 Å². The molecule has 0 atom stereocenters. The van der Waals surface area contributed by atoms with Crippen molar-refractivity contribution in [1.82, 2.24) is 19.5 Å². The van der Waals surface area contributed by atoms with E-state index >= 15 is 0 Å². The average molecular weight is 417 g/mol. The predicted octanol–water partition coefficient (Wildman–Crippen LogP) is 5.07. The lowest BCUT2D eigenvalue weighted by Gasteiger charge is -2.34. The van der Waals surface area contributed by atoms with Gasteiger partial charge in [-0.3, -0.25) is 4.57 Å². The van der Waals surface area contributed by atoms with E-state index in [-0.39, 0.29) is 18.8 Å². The Hall–Kier alpha value is -3.35. The summed E-state index contributed by atoms with van der Waals surface area (Å²) >= 11 is 0. The minimum atomic E-state index is -2.59. The molecule has 2 aliphatic rings. The molecule has 31 heavy (non-hydrogen) atoms. The second-order valence-electron chi connectivity index (χ2n) is 8.55. The van der Waals surface area contributed by atoms with Gasteiger partial charge in [0, 0.05) is 36.3 Å². The third-order valence-electron chi connectivity index (χ3n) is 6.45. The summed E-state index contributed by atoms with van der Waals surface area (Å²) in [6, 6.07) is 13.8. The van der Waals surface area contributed by atoms with Gasteiger partial charge < -0.3 is 5.73 Å². The van der Waals surface area contributed by atoms with Crippen LogP contribution in [0.2, 0.25) is 0 Å². The molecule has 4 aromatic rings. The quantitative estimate of drug-likeness (QED) is 0.506. The molecule has 0 spiro atoms. The summed E-state index contributed by atoms with van der Waals surface area (Å²) < 4.78 is 28.9. The maximum Gasteiger partial charge on any atom is 0.249 e. The maximum atomic E-state index is 13.5. The van der Waals surface area contributed by atoms with Gasteiger partial charge in [-0.15, -0.1) is 0 Å². The van der Waals surface area contributed by atoms with Gasteiger partial charge in [0.05, 0.1) is 5.56 Å². The number of imidazole rings is 1. The molecular weight excluding hydrogens is 396 g/mol. The van der Waals surface area contributed by atoms with Gasteiger partial charge in [-0.05, 0) is 66.8 Å². The van der Waals surface area contributed by atoms with Crippen molar-refractivity contribution >= 4 is 17.0 Å². The largest absolute Gasteiger partial charge is 0.383 e. The van der Waals surface area contributed by atoms with E-state index in [1.165, 1.54) is 11.1 Å². The van der Waals surface area contributed by atoms with Crippen molar-refractivity contribution in [2.45, 2.75) is 43.9 Å². The molecule has 5 nitrogen and oxygen atoms in total. The molecule has 0 unspecified atom stereocenters. The fourth-order valence-corrected chi connectivity index (χ4v) is 4.80. The third kappa shape index (κ3) is 2.99. The van der Waals surface area contributed by atoms with Crippen LogP contribution in [-0.2, 0) is 12.8 Å². The van der Waals surface area contributed by atoms with Crippen LogP contribution in [0, 0.1) is 0 Å². The molecule has 156 valence electrons. The Morgan fingerprint density at radius 1 is 1.00 bits per heavy atom. The SMILES string of the molecule is Nc1ncccc1-c1nc2ccc(C3CC(F)(F)C3)nc2n1-c1ccc2c(c1)CCC2. The van der Waals surface area contributed by atoms with Gasteiger partial charge in [0.25, 0.3) is 0 Å². The van der Waals surface area contributed by atoms with Gasteiger partial charge in [0.1, 0.15) is 11.3 Å². The number of aryl methyl sites for hydroxylation is 2. The van der Waals surface area contributed by atoms with Crippen LogP contribution in [-0.4, -0.2) is 25.4 Å². The van der Waals surface area contributed by atoms with E-state index in [4.69, 9.17) is 15.7 Å². The van der Waals surface area contributed by atoms with Gasteiger partial charge in [0.2, 0.25) is 5.92 Å². The average Bonchev–Trinajstić information content (AvgIpc) is 3.35. The number of anilines is 1. The minimum Gasteiger partial charge on any atom is -0.383 e. The Kier molecular flexibility index (Phi) is 3.91. The Balaban J connectivity index is 1.57. The summed E-state index contributed by atoms with van der Waals surface area (Å²) in [6.07, 6.45) is 4.65. The number of nitrogens with zero attached hydrogens (tertiary/aromatic N) is 4. The Bertz CT molecular complexity index is 1320. The number of aromatic nitrogens is 4. The second kappa shape index (κ2) is 6.57. The molecule has 0 bridgehead atoms. The highest BCUT2D eigenvalue weighted by Crippen LogP contribution is 2.48. The molecule has 7 heteroatoms. The molecule has 0 aliphatic heterocycles. The molecule has 0 amide bonds. The lowest BCUT2D eigenvalue weighted by atomic mass is 9.79. The number of halogens is 2. The van der Waals surface area contributed by atoms with Crippen molar-refractivity contribution in [3.05, 3.63) is 65.5 Å². The van der Waals surface area contributed by atoms with Gasteiger partial charge in [-0.2, -0.15) is 0 Å². The number of fused-ring (bicyclic) bond motifs is 2. The summed E-state index contributed by atoms with van der Waals surface area (Å²) in [6.45, 7) is 0. The molecule has 3 aromatic heterocycles. The molecule has 3 heterocycles. The standard InChI is InChI=1S/C24H21F2N5/c25-24(26)12-16(13-24)19-8-9-20-23(29-19)31(17-7-6-14-3-1-4-15(14)11-17)22(30-20)18-5-2-10-28-21(18)27/h2,5-11,16H,1,3-4,12-13H2,(H2,27,28). The van der Waals surface area contributed by atoms with E-state index in [1.807, 2.05) is 28.8 Å². The van der Waals surface area contributed by atoms with Crippen LogP contribution in [0.15, 0.2) is 48.7 Å². The molecule has 6 rings (SSSR count). The molecule has 2 aliphatic carbocycles. The topological polar surface area (TPSA) is 69.6 Å². The first-order valence-corrected chi connectivity index (χ1v) is 10.6. The predicted molar refractivity (Wildman–Crippen MR) is 115 cm³/mol. The fourth-order valence-electron chi connectivity index (χ4n) is 4.80.